The Morgan fingerprint density at radius 1 is 0.673 bits per heavy atom. The van der Waals surface area contributed by atoms with Crippen molar-refractivity contribution in [2.75, 3.05) is 19.8 Å². The minimum Gasteiger partial charge on any atom is -0.394 e. The van der Waals surface area contributed by atoms with Crippen LogP contribution >= 0.6 is 0 Å². The lowest BCUT2D eigenvalue weighted by molar-refractivity contribution is -0.373. The molecule has 298 valence electrons. The number of fused-ring (bicyclic) bond motifs is 7. The van der Waals surface area contributed by atoms with E-state index >= 15 is 0 Å². The van der Waals surface area contributed by atoms with Gasteiger partial charge in [-0.3, -0.25) is 0 Å². The van der Waals surface area contributed by atoms with E-state index in [-0.39, 0.29) is 23.0 Å². The van der Waals surface area contributed by atoms with E-state index in [1.54, 1.807) is 0 Å². The van der Waals surface area contributed by atoms with Gasteiger partial charge in [-0.25, -0.2) is 0 Å². The second-order valence-electron chi connectivity index (χ2n) is 18.7. The number of hydrogen-bond acceptors (Lipinski definition) is 13. The number of ether oxygens (including phenoxy) is 6. The molecule has 0 radical (unpaired) electrons. The summed E-state index contributed by atoms with van der Waals surface area (Å²) in [5, 5.41) is 72.7. The van der Waals surface area contributed by atoms with Crippen LogP contribution in [0, 0.1) is 52.3 Å². The minimum atomic E-state index is -1.71. The first-order valence-corrected chi connectivity index (χ1v) is 20.3. The lowest BCUT2D eigenvalue weighted by Crippen LogP contribution is -2.65. The van der Waals surface area contributed by atoms with Gasteiger partial charge in [0.25, 0.3) is 0 Å². The van der Waals surface area contributed by atoms with Crippen LogP contribution in [0.3, 0.4) is 0 Å². The number of aliphatic hydroxyl groups is 7. The van der Waals surface area contributed by atoms with E-state index in [2.05, 4.69) is 27.7 Å². The number of hydrogen-bond donors (Lipinski definition) is 7. The molecule has 4 aliphatic carbocycles. The standard InChI is InChI=1S/C39H64O13/c1-18-7-12-39(47-17-18)19(2)28-25(52-39)14-24-22-6-5-20-13-21(8-10-37(20,3)23(22)9-11-38(24,28)4)48-36-34(32(45)30(43)27(16-41)50-36)51-35-33(46)31(44)29(42)26(15-40)49-35/h18-36,40-46H,5-17H2,1-4H3/t18?,19-,20+,21-,22+,23-,24-,25-,26+,27+,28-,29+,30+,31-,32-,33+,34+,35-,36+,37-,38-,39+/m0/s1. The van der Waals surface area contributed by atoms with Gasteiger partial charge in [0.05, 0.1) is 32.0 Å². The van der Waals surface area contributed by atoms with Crippen molar-refractivity contribution in [2.45, 2.75) is 171 Å². The molecule has 0 aromatic rings. The highest BCUT2D eigenvalue weighted by atomic mass is 16.8. The van der Waals surface area contributed by atoms with Gasteiger partial charge in [0.1, 0.15) is 48.8 Å². The SMILES string of the molecule is CC1CC[C@@]2(OC1)O[C@H]1C[C@H]3[C@@H]4CC[C@@H]5C[C@@H](O[C@@H]6O[C@H](CO)[C@@H](O)[C@H](O)[C@H]6O[C@@H]6O[C@H](CO)[C@@H](O)[C@H](O)[C@H]6O)CC[C@]5(C)[C@H]4CC[C@]3(C)[C@H]1[C@@H]2C. The van der Waals surface area contributed by atoms with E-state index in [1.807, 2.05) is 0 Å². The summed E-state index contributed by atoms with van der Waals surface area (Å²) < 4.78 is 37.5. The predicted molar refractivity (Wildman–Crippen MR) is 183 cm³/mol. The Morgan fingerprint density at radius 3 is 2.06 bits per heavy atom. The molecule has 4 aliphatic heterocycles. The van der Waals surface area contributed by atoms with Crippen molar-refractivity contribution in [3.05, 3.63) is 0 Å². The van der Waals surface area contributed by atoms with Crippen LogP contribution in [0.25, 0.3) is 0 Å². The van der Waals surface area contributed by atoms with Crippen molar-refractivity contribution < 1.29 is 64.2 Å². The van der Waals surface area contributed by atoms with Crippen LogP contribution in [0.5, 0.6) is 0 Å². The summed E-state index contributed by atoms with van der Waals surface area (Å²) in [6, 6.07) is 0. The summed E-state index contributed by atoms with van der Waals surface area (Å²) >= 11 is 0. The average molecular weight is 741 g/mol. The highest BCUT2D eigenvalue weighted by molar-refractivity contribution is 5.15. The Balaban J connectivity index is 0.942. The van der Waals surface area contributed by atoms with Crippen molar-refractivity contribution in [3.63, 3.8) is 0 Å². The third kappa shape index (κ3) is 5.98. The van der Waals surface area contributed by atoms with Crippen molar-refractivity contribution >= 4 is 0 Å². The zero-order valence-electron chi connectivity index (χ0n) is 31.2. The average Bonchev–Trinajstić information content (AvgIpc) is 3.58. The lowest BCUT2D eigenvalue weighted by Gasteiger charge is -2.61. The molecule has 0 aromatic carbocycles. The van der Waals surface area contributed by atoms with Crippen LogP contribution in [0.15, 0.2) is 0 Å². The quantitative estimate of drug-likeness (QED) is 0.194. The normalized spacial score (nSPS) is 59.0. The number of aliphatic hydroxyl groups excluding tert-OH is 7. The highest BCUT2D eigenvalue weighted by Crippen LogP contribution is 2.71. The fourth-order valence-electron chi connectivity index (χ4n) is 13.2. The molecule has 4 saturated carbocycles. The molecule has 0 amide bonds. The van der Waals surface area contributed by atoms with Gasteiger partial charge in [0.2, 0.25) is 0 Å². The van der Waals surface area contributed by atoms with Crippen LogP contribution in [-0.2, 0) is 28.4 Å². The zero-order chi connectivity index (χ0) is 36.9. The fourth-order valence-corrected chi connectivity index (χ4v) is 13.2. The summed E-state index contributed by atoms with van der Waals surface area (Å²) in [5.74, 6) is 3.51. The van der Waals surface area contributed by atoms with Gasteiger partial charge < -0.3 is 64.2 Å². The van der Waals surface area contributed by atoms with E-state index in [0.29, 0.717) is 41.4 Å². The Bertz CT molecular complexity index is 1260. The monoisotopic (exact) mass is 740 g/mol. The molecule has 4 saturated heterocycles. The summed E-state index contributed by atoms with van der Waals surface area (Å²) in [7, 11) is 0. The smallest absolute Gasteiger partial charge is 0.187 e. The van der Waals surface area contributed by atoms with Gasteiger partial charge in [-0.1, -0.05) is 27.7 Å². The van der Waals surface area contributed by atoms with Crippen molar-refractivity contribution in [1.29, 1.82) is 0 Å². The van der Waals surface area contributed by atoms with E-state index < -0.39 is 80.4 Å². The summed E-state index contributed by atoms with van der Waals surface area (Å²) in [4.78, 5) is 0. The first-order valence-electron chi connectivity index (χ1n) is 20.3. The van der Waals surface area contributed by atoms with Crippen LogP contribution < -0.4 is 0 Å². The highest BCUT2D eigenvalue weighted by Gasteiger charge is 2.69. The van der Waals surface area contributed by atoms with Gasteiger partial charge in [0, 0.05) is 12.3 Å². The van der Waals surface area contributed by atoms with E-state index in [0.717, 1.165) is 45.1 Å². The number of rotatable bonds is 6. The molecule has 52 heavy (non-hydrogen) atoms. The topological polar surface area (TPSA) is 197 Å². The van der Waals surface area contributed by atoms with Crippen LogP contribution in [0.4, 0.5) is 0 Å². The molecule has 0 bridgehead atoms. The second kappa shape index (κ2) is 14.1. The van der Waals surface area contributed by atoms with Crippen LogP contribution in [0.2, 0.25) is 0 Å². The molecular formula is C39H64O13. The maximum absolute atomic E-state index is 11.1. The van der Waals surface area contributed by atoms with Crippen LogP contribution in [0.1, 0.15) is 91.9 Å². The fraction of sp³-hybridized carbons (Fsp3) is 1.00. The van der Waals surface area contributed by atoms with Gasteiger partial charge in [-0.2, -0.15) is 0 Å². The van der Waals surface area contributed by atoms with E-state index in [4.69, 9.17) is 28.4 Å². The first-order chi connectivity index (χ1) is 24.7. The van der Waals surface area contributed by atoms with Crippen LogP contribution in [-0.4, -0.2) is 135 Å². The zero-order valence-corrected chi connectivity index (χ0v) is 31.2. The van der Waals surface area contributed by atoms with Gasteiger partial charge >= 0.3 is 0 Å². The van der Waals surface area contributed by atoms with Crippen molar-refractivity contribution in [2.24, 2.45) is 52.3 Å². The summed E-state index contributed by atoms with van der Waals surface area (Å²) in [6.45, 7) is 9.33. The molecule has 0 aromatic heterocycles. The van der Waals surface area contributed by atoms with Gasteiger partial charge in [-0.05, 0) is 104 Å². The Hall–Kier alpha value is -0.520. The summed E-state index contributed by atoms with van der Waals surface area (Å²) in [5.41, 5.74) is 0.425. The largest absolute Gasteiger partial charge is 0.394 e. The van der Waals surface area contributed by atoms with Crippen molar-refractivity contribution in [3.8, 4) is 0 Å². The van der Waals surface area contributed by atoms with E-state index in [9.17, 15) is 35.7 Å². The maximum atomic E-state index is 11.1. The minimum absolute atomic E-state index is 0.168. The molecule has 7 N–H and O–H groups in total. The first kappa shape index (κ1) is 38.4. The molecule has 8 fully saturated rings. The molecule has 1 spiro atoms. The van der Waals surface area contributed by atoms with E-state index in [1.165, 1.54) is 25.7 Å². The molecule has 1 unspecified atom stereocenters. The predicted octanol–water partition coefficient (Wildman–Crippen LogP) is 1.44. The molecular weight excluding hydrogens is 676 g/mol. The van der Waals surface area contributed by atoms with Crippen molar-refractivity contribution in [1.82, 2.24) is 0 Å². The van der Waals surface area contributed by atoms with Gasteiger partial charge in [0.15, 0.2) is 18.4 Å². The molecule has 8 aliphatic rings. The molecule has 8 rings (SSSR count). The summed E-state index contributed by atoms with van der Waals surface area (Å²) in [6.07, 6.45) is -3.88. The van der Waals surface area contributed by atoms with Gasteiger partial charge in [-0.15, -0.1) is 0 Å². The Kier molecular flexibility index (Phi) is 10.4. The second-order valence-corrected chi connectivity index (χ2v) is 18.7. The molecule has 13 nitrogen and oxygen atoms in total. The Morgan fingerprint density at radius 2 is 1.37 bits per heavy atom. The Labute approximate surface area is 307 Å². The maximum Gasteiger partial charge on any atom is 0.187 e. The molecule has 13 heteroatoms. The third-order valence-electron chi connectivity index (χ3n) is 16.2. The lowest BCUT2D eigenvalue weighted by atomic mass is 9.44. The molecule has 22 atom stereocenters. The molecule has 4 heterocycles. The third-order valence-corrected chi connectivity index (χ3v) is 16.2.